The van der Waals surface area contributed by atoms with Crippen molar-refractivity contribution in [2.75, 3.05) is 41.4 Å². The van der Waals surface area contributed by atoms with Crippen molar-refractivity contribution in [3.8, 4) is 5.75 Å². The monoisotopic (exact) mass is 536 g/mol. The highest BCUT2D eigenvalue weighted by atomic mass is 19.4. The minimum atomic E-state index is -4.57. The SMILES string of the molecule is O=C(N[C@H](C1CC1)C(F)(F)F)c1ccc2c(n1)N(C(=O)Nc1cc(OC[C@@H](O)CO)ccn1)[C@H]1CCN2C1. The van der Waals surface area contributed by atoms with Crippen LogP contribution in [-0.4, -0.2) is 82.8 Å². The molecule has 1 saturated heterocycles. The van der Waals surface area contributed by atoms with Gasteiger partial charge in [-0.2, -0.15) is 13.2 Å². The third kappa shape index (κ3) is 5.45. The molecule has 0 radical (unpaired) electrons. The maximum absolute atomic E-state index is 13.4. The molecule has 2 aromatic rings. The summed E-state index contributed by atoms with van der Waals surface area (Å²) in [6.45, 7) is 0.574. The second-order valence-electron chi connectivity index (χ2n) is 9.58. The maximum Gasteiger partial charge on any atom is 0.408 e. The zero-order valence-corrected chi connectivity index (χ0v) is 20.2. The zero-order chi connectivity index (χ0) is 27.0. The van der Waals surface area contributed by atoms with Crippen molar-refractivity contribution >= 4 is 29.3 Å². The molecule has 3 aliphatic rings. The van der Waals surface area contributed by atoms with Crippen LogP contribution in [0.4, 0.5) is 35.3 Å². The second-order valence-corrected chi connectivity index (χ2v) is 9.58. The van der Waals surface area contributed by atoms with E-state index in [0.29, 0.717) is 43.8 Å². The summed E-state index contributed by atoms with van der Waals surface area (Å²) in [5.41, 5.74) is 0.387. The van der Waals surface area contributed by atoms with Gasteiger partial charge in [0.25, 0.3) is 5.91 Å². The summed E-state index contributed by atoms with van der Waals surface area (Å²) in [5.74, 6) is -0.954. The molecular weight excluding hydrogens is 509 g/mol. The molecule has 4 N–H and O–H groups in total. The summed E-state index contributed by atoms with van der Waals surface area (Å²) < 4.78 is 45.7. The van der Waals surface area contributed by atoms with Gasteiger partial charge in [0, 0.05) is 25.4 Å². The van der Waals surface area contributed by atoms with Gasteiger partial charge in [-0.05, 0) is 43.4 Å². The number of anilines is 3. The standard InChI is InChI=1S/C24H27F3N6O5/c25-24(26,27)20(13-1-2-13)31-22(36)17-3-4-18-21(29-17)33(14-6-8-32(18)10-14)23(37)30-19-9-16(5-7-28-19)38-12-15(35)11-34/h3-5,7,9,13-15,20,34-35H,1-2,6,8,10-12H2,(H,31,36)(H,28,30,37)/t14-,15-,20+/m0/s1. The van der Waals surface area contributed by atoms with Crippen molar-refractivity contribution < 1.29 is 37.7 Å². The van der Waals surface area contributed by atoms with Gasteiger partial charge in [-0.1, -0.05) is 0 Å². The lowest BCUT2D eigenvalue weighted by atomic mass is 10.1. The van der Waals surface area contributed by atoms with Gasteiger partial charge in [0.2, 0.25) is 0 Å². The number of amides is 3. The Kier molecular flexibility index (Phi) is 7.01. The quantitative estimate of drug-likeness (QED) is 0.401. The molecule has 2 fully saturated rings. The Bertz CT molecular complexity index is 1210. The molecule has 0 aromatic carbocycles. The topological polar surface area (TPSA) is 140 Å². The Morgan fingerprint density at radius 2 is 2.00 bits per heavy atom. The van der Waals surface area contributed by atoms with Crippen molar-refractivity contribution in [1.29, 1.82) is 0 Å². The summed E-state index contributed by atoms with van der Waals surface area (Å²) in [6, 6.07) is 3.15. The predicted octanol–water partition coefficient (Wildman–Crippen LogP) is 1.91. The number of aromatic nitrogens is 2. The van der Waals surface area contributed by atoms with Gasteiger partial charge in [-0.25, -0.2) is 14.8 Å². The van der Waals surface area contributed by atoms with Gasteiger partial charge in [-0.3, -0.25) is 15.0 Å². The highest BCUT2D eigenvalue weighted by Crippen LogP contribution is 2.41. The fourth-order valence-electron chi connectivity index (χ4n) is 4.69. The summed E-state index contributed by atoms with van der Waals surface area (Å²) in [5, 5.41) is 23.2. The number of fused-ring (bicyclic) bond motifs is 4. The second kappa shape index (κ2) is 10.3. The Morgan fingerprint density at radius 1 is 1.21 bits per heavy atom. The largest absolute Gasteiger partial charge is 0.491 e. The van der Waals surface area contributed by atoms with Crippen molar-refractivity contribution in [2.45, 2.75) is 43.6 Å². The number of hydrogen-bond acceptors (Lipinski definition) is 8. The van der Waals surface area contributed by atoms with Crippen LogP contribution in [0.3, 0.4) is 0 Å². The minimum absolute atomic E-state index is 0.152. The molecule has 14 heteroatoms. The fraction of sp³-hybridized carbons (Fsp3) is 0.500. The molecule has 2 bridgehead atoms. The number of rotatable bonds is 8. The van der Waals surface area contributed by atoms with Gasteiger partial charge in [0.15, 0.2) is 5.82 Å². The Morgan fingerprint density at radius 3 is 2.71 bits per heavy atom. The molecule has 11 nitrogen and oxygen atoms in total. The molecule has 2 aromatic heterocycles. The summed E-state index contributed by atoms with van der Waals surface area (Å²) in [7, 11) is 0. The van der Waals surface area contributed by atoms with E-state index in [1.54, 1.807) is 6.07 Å². The minimum Gasteiger partial charge on any atom is -0.491 e. The van der Waals surface area contributed by atoms with E-state index < -0.39 is 42.8 Å². The molecule has 204 valence electrons. The van der Waals surface area contributed by atoms with Gasteiger partial charge >= 0.3 is 12.2 Å². The van der Waals surface area contributed by atoms with Crippen LogP contribution in [0.5, 0.6) is 5.75 Å². The number of alkyl halides is 3. The van der Waals surface area contributed by atoms with Gasteiger partial charge in [0.05, 0.1) is 18.3 Å². The van der Waals surface area contributed by atoms with Crippen LogP contribution in [0.15, 0.2) is 30.5 Å². The number of halogens is 3. The number of carbonyl (C=O) groups excluding carboxylic acids is 2. The summed E-state index contributed by atoms with van der Waals surface area (Å²) in [4.78, 5) is 38.0. The molecule has 1 saturated carbocycles. The molecule has 3 atom stereocenters. The third-order valence-electron chi connectivity index (χ3n) is 6.76. The lowest BCUT2D eigenvalue weighted by molar-refractivity contribution is -0.158. The van der Waals surface area contributed by atoms with Crippen LogP contribution in [0.2, 0.25) is 0 Å². The third-order valence-corrected chi connectivity index (χ3v) is 6.76. The predicted molar refractivity (Wildman–Crippen MR) is 129 cm³/mol. The Labute approximate surface area is 215 Å². The molecular formula is C24H27F3N6O5. The van der Waals surface area contributed by atoms with E-state index in [1.165, 1.54) is 29.3 Å². The van der Waals surface area contributed by atoms with Gasteiger partial charge in [-0.15, -0.1) is 0 Å². The average Bonchev–Trinajstić information content (AvgIpc) is 3.64. The number of pyridine rings is 2. The Hall–Kier alpha value is -3.65. The van der Waals surface area contributed by atoms with E-state index in [2.05, 4.69) is 20.6 Å². The van der Waals surface area contributed by atoms with Crippen LogP contribution in [0.25, 0.3) is 0 Å². The number of nitrogens with zero attached hydrogens (tertiary/aromatic N) is 4. The van der Waals surface area contributed by atoms with Gasteiger partial charge < -0.3 is 25.2 Å². The van der Waals surface area contributed by atoms with E-state index >= 15 is 0 Å². The van der Waals surface area contributed by atoms with Crippen LogP contribution >= 0.6 is 0 Å². The molecule has 0 unspecified atom stereocenters. The van der Waals surface area contributed by atoms with Crippen molar-refractivity contribution in [3.63, 3.8) is 0 Å². The van der Waals surface area contributed by atoms with E-state index in [0.717, 1.165) is 0 Å². The van der Waals surface area contributed by atoms with Crippen LogP contribution in [0, 0.1) is 5.92 Å². The smallest absolute Gasteiger partial charge is 0.408 e. The first-order valence-corrected chi connectivity index (χ1v) is 12.3. The van der Waals surface area contributed by atoms with Gasteiger partial charge in [0.1, 0.15) is 36.0 Å². The highest BCUT2D eigenvalue weighted by molar-refractivity contribution is 6.05. The normalized spacial score (nSPS) is 20.0. The first kappa shape index (κ1) is 26.0. The first-order valence-electron chi connectivity index (χ1n) is 12.3. The molecule has 0 spiro atoms. The van der Waals surface area contributed by atoms with Crippen molar-refractivity contribution in [2.24, 2.45) is 5.92 Å². The number of aliphatic hydroxyl groups excluding tert-OH is 2. The lowest BCUT2D eigenvalue weighted by Gasteiger charge is -2.35. The number of ether oxygens (including phenoxy) is 1. The lowest BCUT2D eigenvalue weighted by Crippen LogP contribution is -2.49. The number of nitrogens with one attached hydrogen (secondary N) is 2. The first-order chi connectivity index (χ1) is 18.1. The molecule has 38 heavy (non-hydrogen) atoms. The zero-order valence-electron chi connectivity index (χ0n) is 20.2. The van der Waals surface area contributed by atoms with Crippen molar-refractivity contribution in [1.82, 2.24) is 15.3 Å². The van der Waals surface area contributed by atoms with Crippen LogP contribution in [-0.2, 0) is 0 Å². The summed E-state index contributed by atoms with van der Waals surface area (Å²) in [6.07, 6.45) is -2.80. The molecule has 5 rings (SSSR count). The van der Waals surface area contributed by atoms with E-state index in [-0.39, 0.29) is 30.0 Å². The highest BCUT2D eigenvalue weighted by Gasteiger charge is 2.50. The number of urea groups is 1. The molecule has 4 heterocycles. The Balaban J connectivity index is 1.36. The number of carbonyl (C=O) groups is 2. The number of hydrogen-bond donors (Lipinski definition) is 4. The molecule has 3 amide bonds. The van der Waals surface area contributed by atoms with E-state index in [4.69, 9.17) is 9.84 Å². The van der Waals surface area contributed by atoms with Crippen LogP contribution < -0.4 is 25.2 Å². The molecule has 1 aliphatic carbocycles. The number of aliphatic hydroxyl groups is 2. The van der Waals surface area contributed by atoms with Crippen LogP contribution in [0.1, 0.15) is 29.8 Å². The average molecular weight is 537 g/mol. The molecule has 2 aliphatic heterocycles. The van der Waals surface area contributed by atoms with Crippen molar-refractivity contribution in [3.05, 3.63) is 36.2 Å². The maximum atomic E-state index is 13.4. The fourth-order valence-corrected chi connectivity index (χ4v) is 4.69. The van der Waals surface area contributed by atoms with E-state index in [1.807, 2.05) is 4.90 Å². The van der Waals surface area contributed by atoms with E-state index in [9.17, 15) is 27.9 Å². The summed E-state index contributed by atoms with van der Waals surface area (Å²) >= 11 is 0.